The first-order chi connectivity index (χ1) is 11.1. The normalized spacial score (nSPS) is 11.7. The zero-order chi connectivity index (χ0) is 16.7. The Kier molecular flexibility index (Phi) is 7.05. The fourth-order valence-corrected chi connectivity index (χ4v) is 4.15. The number of aliphatic imine (C=N–C) groups is 1. The minimum absolute atomic E-state index is 0.867. The molecule has 4 nitrogen and oxygen atoms in total. The molecule has 0 aromatic carbocycles. The molecule has 0 amide bonds. The van der Waals surface area contributed by atoms with Crippen molar-refractivity contribution in [2.75, 3.05) is 27.2 Å². The lowest BCUT2D eigenvalue weighted by Gasteiger charge is -2.21. The summed E-state index contributed by atoms with van der Waals surface area (Å²) >= 11 is 3.62. The Balaban J connectivity index is 1.77. The highest BCUT2D eigenvalue weighted by molar-refractivity contribution is 7.11. The minimum atomic E-state index is 0.867. The molecule has 0 aliphatic carbocycles. The third kappa shape index (κ3) is 5.32. The van der Waals surface area contributed by atoms with Crippen molar-refractivity contribution in [2.45, 2.75) is 33.1 Å². The highest BCUT2D eigenvalue weighted by atomic mass is 32.1. The molecule has 0 spiro atoms. The topological polar surface area (TPSA) is 40.5 Å². The molecule has 2 rings (SSSR count). The number of nitrogens with one attached hydrogen (secondary N) is 1. The van der Waals surface area contributed by atoms with E-state index in [9.17, 15) is 0 Å². The Morgan fingerprint density at radius 3 is 2.83 bits per heavy atom. The van der Waals surface area contributed by atoms with Gasteiger partial charge in [0.15, 0.2) is 5.96 Å². The molecular formula is C17H26N4S2. The van der Waals surface area contributed by atoms with Gasteiger partial charge in [0.05, 0.1) is 10.7 Å². The maximum absolute atomic E-state index is 4.69. The van der Waals surface area contributed by atoms with E-state index in [-0.39, 0.29) is 0 Å². The van der Waals surface area contributed by atoms with E-state index in [2.05, 4.69) is 53.6 Å². The molecule has 0 unspecified atom stereocenters. The molecule has 1 N–H and O–H groups in total. The van der Waals surface area contributed by atoms with Gasteiger partial charge in [-0.1, -0.05) is 13.0 Å². The van der Waals surface area contributed by atoms with E-state index in [1.165, 1.54) is 20.5 Å². The number of rotatable bonds is 7. The lowest BCUT2D eigenvalue weighted by atomic mass is 10.3. The predicted molar refractivity (Wildman–Crippen MR) is 102 cm³/mol. The molecule has 0 aliphatic heterocycles. The molecule has 126 valence electrons. The zero-order valence-electron chi connectivity index (χ0n) is 14.4. The number of thiophene rings is 1. The van der Waals surface area contributed by atoms with Crippen molar-refractivity contribution < 1.29 is 0 Å². The van der Waals surface area contributed by atoms with Crippen LogP contribution in [0, 0.1) is 6.92 Å². The van der Waals surface area contributed by atoms with Crippen LogP contribution in [0.3, 0.4) is 0 Å². The summed E-state index contributed by atoms with van der Waals surface area (Å²) in [5.74, 6) is 0.950. The first kappa shape index (κ1) is 17.9. The van der Waals surface area contributed by atoms with Crippen LogP contribution in [0.5, 0.6) is 0 Å². The van der Waals surface area contributed by atoms with Crippen molar-refractivity contribution in [2.24, 2.45) is 4.99 Å². The maximum atomic E-state index is 4.69. The van der Waals surface area contributed by atoms with E-state index in [0.29, 0.717) is 0 Å². The summed E-state index contributed by atoms with van der Waals surface area (Å²) in [5.41, 5.74) is 1.24. The molecule has 0 saturated heterocycles. The van der Waals surface area contributed by atoms with Crippen molar-refractivity contribution in [3.63, 3.8) is 0 Å². The van der Waals surface area contributed by atoms with E-state index < -0.39 is 0 Å². The third-order valence-corrected chi connectivity index (χ3v) is 5.75. The maximum Gasteiger partial charge on any atom is 0.193 e. The van der Waals surface area contributed by atoms with E-state index in [4.69, 9.17) is 4.98 Å². The van der Waals surface area contributed by atoms with Crippen molar-refractivity contribution in [3.05, 3.63) is 38.0 Å². The number of nitrogens with zero attached hydrogens (tertiary/aromatic N) is 3. The first-order valence-electron chi connectivity index (χ1n) is 8.03. The van der Waals surface area contributed by atoms with Gasteiger partial charge in [-0.2, -0.15) is 0 Å². The lowest BCUT2D eigenvalue weighted by Crippen LogP contribution is -2.40. The van der Waals surface area contributed by atoms with Crippen LogP contribution in [-0.2, 0) is 19.3 Å². The molecule has 0 saturated carbocycles. The minimum Gasteiger partial charge on any atom is -0.356 e. The standard InChI is InChI=1S/C17H26N4S2/c1-5-15-13(2)23-16(20-15)8-10-19-17(18-3)21(4)11-9-14-7-6-12-22-14/h6-7,12H,5,8-11H2,1-4H3,(H,18,19). The fourth-order valence-electron chi connectivity index (χ4n) is 2.43. The van der Waals surface area contributed by atoms with Crippen molar-refractivity contribution in [3.8, 4) is 0 Å². The largest absolute Gasteiger partial charge is 0.356 e. The van der Waals surface area contributed by atoms with Gasteiger partial charge < -0.3 is 10.2 Å². The SMILES string of the molecule is CCc1nc(CCNC(=NC)N(C)CCc2cccs2)sc1C. The molecule has 0 radical (unpaired) electrons. The van der Waals surface area contributed by atoms with E-state index in [0.717, 1.165) is 38.3 Å². The van der Waals surface area contributed by atoms with Crippen LogP contribution in [0.1, 0.15) is 27.4 Å². The molecular weight excluding hydrogens is 324 g/mol. The summed E-state index contributed by atoms with van der Waals surface area (Å²) in [6.45, 7) is 6.15. The fraction of sp³-hybridized carbons (Fsp3) is 0.529. The summed E-state index contributed by atoms with van der Waals surface area (Å²) in [6, 6.07) is 4.29. The van der Waals surface area contributed by atoms with Crippen LogP contribution in [0.15, 0.2) is 22.5 Å². The number of likely N-dealkylation sites (N-methyl/N-ethyl adjacent to an activating group) is 1. The second kappa shape index (κ2) is 9.03. The Bertz CT molecular complexity index is 617. The van der Waals surface area contributed by atoms with Gasteiger partial charge in [-0.3, -0.25) is 4.99 Å². The molecule has 2 aromatic rings. The van der Waals surface area contributed by atoms with Crippen LogP contribution < -0.4 is 5.32 Å². The Labute approximate surface area is 147 Å². The summed E-state index contributed by atoms with van der Waals surface area (Å²) in [6.07, 6.45) is 3.02. The molecule has 2 heterocycles. The molecule has 2 aromatic heterocycles. The van der Waals surface area contributed by atoms with Crippen molar-refractivity contribution in [1.82, 2.24) is 15.2 Å². The number of guanidine groups is 1. The van der Waals surface area contributed by atoms with Gasteiger partial charge in [0, 0.05) is 43.4 Å². The first-order valence-corrected chi connectivity index (χ1v) is 9.73. The summed E-state index contributed by atoms with van der Waals surface area (Å²) < 4.78 is 0. The average molecular weight is 351 g/mol. The molecule has 6 heteroatoms. The average Bonchev–Trinajstić information content (AvgIpc) is 3.18. The van der Waals surface area contributed by atoms with Gasteiger partial charge in [0.1, 0.15) is 0 Å². The van der Waals surface area contributed by atoms with Crippen LogP contribution >= 0.6 is 22.7 Å². The number of aromatic nitrogens is 1. The van der Waals surface area contributed by atoms with Crippen molar-refractivity contribution >= 4 is 28.6 Å². The Hall–Kier alpha value is -1.40. The Morgan fingerprint density at radius 2 is 2.22 bits per heavy atom. The second-order valence-corrected chi connectivity index (χ2v) is 7.76. The predicted octanol–water partition coefficient (Wildman–Crippen LogP) is 3.37. The highest BCUT2D eigenvalue weighted by Crippen LogP contribution is 2.18. The molecule has 0 aliphatic rings. The van der Waals surface area contributed by atoms with Gasteiger partial charge in [-0.25, -0.2) is 4.98 Å². The van der Waals surface area contributed by atoms with Crippen LogP contribution in [0.2, 0.25) is 0 Å². The van der Waals surface area contributed by atoms with Gasteiger partial charge in [-0.15, -0.1) is 22.7 Å². The second-order valence-electron chi connectivity index (χ2n) is 5.44. The van der Waals surface area contributed by atoms with E-state index in [1.54, 1.807) is 0 Å². The lowest BCUT2D eigenvalue weighted by molar-refractivity contribution is 0.487. The van der Waals surface area contributed by atoms with Crippen molar-refractivity contribution in [1.29, 1.82) is 0 Å². The number of hydrogen-bond donors (Lipinski definition) is 1. The number of hydrogen-bond acceptors (Lipinski definition) is 4. The van der Waals surface area contributed by atoms with E-state index >= 15 is 0 Å². The quantitative estimate of drug-likeness (QED) is 0.615. The van der Waals surface area contributed by atoms with Gasteiger partial charge in [-0.05, 0) is 31.2 Å². The molecule has 23 heavy (non-hydrogen) atoms. The molecule has 0 fully saturated rings. The van der Waals surface area contributed by atoms with Crippen LogP contribution in [0.25, 0.3) is 0 Å². The molecule has 0 atom stereocenters. The Morgan fingerprint density at radius 1 is 1.39 bits per heavy atom. The van der Waals surface area contributed by atoms with Crippen LogP contribution in [0.4, 0.5) is 0 Å². The highest BCUT2D eigenvalue weighted by Gasteiger charge is 2.08. The monoisotopic (exact) mass is 350 g/mol. The smallest absolute Gasteiger partial charge is 0.193 e. The summed E-state index contributed by atoms with van der Waals surface area (Å²) in [7, 11) is 3.93. The van der Waals surface area contributed by atoms with Crippen LogP contribution in [-0.4, -0.2) is 43.0 Å². The zero-order valence-corrected chi connectivity index (χ0v) is 16.1. The number of thiazole rings is 1. The van der Waals surface area contributed by atoms with Gasteiger partial charge in [0.2, 0.25) is 0 Å². The van der Waals surface area contributed by atoms with Gasteiger partial charge >= 0.3 is 0 Å². The molecule has 0 bridgehead atoms. The third-order valence-electron chi connectivity index (χ3n) is 3.74. The van der Waals surface area contributed by atoms with E-state index in [1.807, 2.05) is 29.7 Å². The van der Waals surface area contributed by atoms with Gasteiger partial charge in [0.25, 0.3) is 0 Å². The summed E-state index contributed by atoms with van der Waals surface area (Å²) in [4.78, 5) is 14.0. The number of aryl methyl sites for hydroxylation is 2. The summed E-state index contributed by atoms with van der Waals surface area (Å²) in [5, 5.41) is 6.78.